The Morgan fingerprint density at radius 2 is 0.614 bits per heavy atom. The van der Waals surface area contributed by atoms with Crippen molar-refractivity contribution < 1.29 is 39.1 Å². The van der Waals surface area contributed by atoms with Gasteiger partial charge in [-0.3, -0.25) is 9.59 Å². The van der Waals surface area contributed by atoms with Crippen LogP contribution >= 0.6 is 0 Å². The number of carbonyl (C=O) groups excluding carboxylic acids is 2. The van der Waals surface area contributed by atoms with Crippen LogP contribution in [0, 0.1) is 5.41 Å². The van der Waals surface area contributed by atoms with Gasteiger partial charge in [-0.2, -0.15) is 0 Å². The molecule has 0 amide bonds. The quantitative estimate of drug-likeness (QED) is 0.0442. The number of aliphatic hydroxyl groups excluding tert-OH is 3. The average molecular weight is 1160 g/mol. The fourth-order valence-corrected chi connectivity index (χ4v) is 11.8. The van der Waals surface area contributed by atoms with Crippen molar-refractivity contribution in [2.24, 2.45) is 5.41 Å². The highest BCUT2D eigenvalue weighted by molar-refractivity contribution is 5.70. The Kier molecular flexibility index (Phi) is 37.9. The highest BCUT2D eigenvalue weighted by Crippen LogP contribution is 2.50. The van der Waals surface area contributed by atoms with Gasteiger partial charge in [0.15, 0.2) is 0 Å². The molecule has 0 aliphatic carbocycles. The Morgan fingerprint density at radius 1 is 0.373 bits per heavy atom. The molecule has 1 unspecified atom stereocenters. The number of carbonyl (C=O) groups is 2. The van der Waals surface area contributed by atoms with E-state index in [9.17, 15) is 24.9 Å². The largest absolute Gasteiger partial charge is 0.484 e. The van der Waals surface area contributed by atoms with Crippen molar-refractivity contribution in [1.82, 2.24) is 0 Å². The zero-order valence-electron chi connectivity index (χ0n) is 56.8. The van der Waals surface area contributed by atoms with Gasteiger partial charge in [-0.05, 0) is 69.6 Å². The second kappa shape index (κ2) is 41.3. The third-order valence-electron chi connectivity index (χ3n) is 17.4. The lowest BCUT2D eigenvalue weighted by Crippen LogP contribution is -2.45. The Balaban J connectivity index is 2.22. The number of benzene rings is 2. The first kappa shape index (κ1) is 76.2. The number of hydrogen-bond acceptors (Lipinski definition) is 8. The van der Waals surface area contributed by atoms with Crippen LogP contribution in [0.5, 0.6) is 5.75 Å². The minimum absolute atomic E-state index is 0.185. The first-order valence-corrected chi connectivity index (χ1v) is 34.6. The maximum absolute atomic E-state index is 13.3. The van der Waals surface area contributed by atoms with E-state index >= 15 is 0 Å². The maximum Gasteiger partial charge on any atom is 0.306 e. The third-order valence-corrected chi connectivity index (χ3v) is 17.4. The van der Waals surface area contributed by atoms with Gasteiger partial charge in [-0.15, -0.1) is 0 Å². The minimum Gasteiger partial charge on any atom is -0.484 e. The molecule has 1 atom stereocenters. The van der Waals surface area contributed by atoms with Gasteiger partial charge < -0.3 is 29.5 Å². The second-order valence-electron chi connectivity index (χ2n) is 29.5. The van der Waals surface area contributed by atoms with E-state index in [-0.39, 0.29) is 24.8 Å². The summed E-state index contributed by atoms with van der Waals surface area (Å²) in [6.07, 6.45) is 42.2. The number of esters is 2. The topological polar surface area (TPSA) is 123 Å². The Hall–Kier alpha value is -2.94. The number of unbranched alkanes of at least 4 members (excludes halogenated alkanes) is 30. The van der Waals surface area contributed by atoms with Crippen LogP contribution in [0.15, 0.2) is 24.3 Å². The molecule has 0 fully saturated rings. The molecule has 3 N–H and O–H groups in total. The SMILES string of the molecule is CCCCCCCCCCCCCCCCCCOC(=O)CCc1cc(C(C)(C)C)c(OC(c2c(C(C)(C)C)cc(CCC(=O)OCCCCCCCCCCCCCCCCCC)cc2C(C)(C)C)C(CO)(CO)CO)c(C(C)(C)C)c1. The van der Waals surface area contributed by atoms with Crippen LogP contribution in [0.3, 0.4) is 0 Å². The van der Waals surface area contributed by atoms with E-state index in [0.29, 0.717) is 31.8 Å². The highest BCUT2D eigenvalue weighted by atomic mass is 16.5. The molecule has 2 aromatic rings. The molecule has 83 heavy (non-hydrogen) atoms. The molecule has 0 spiro atoms. The van der Waals surface area contributed by atoms with Gasteiger partial charge in [-0.25, -0.2) is 0 Å². The Labute approximate surface area is 512 Å². The van der Waals surface area contributed by atoms with Gasteiger partial charge in [0.25, 0.3) is 0 Å². The van der Waals surface area contributed by atoms with Gasteiger partial charge in [0.05, 0.1) is 38.4 Å². The van der Waals surface area contributed by atoms with Crippen molar-refractivity contribution in [1.29, 1.82) is 0 Å². The molecule has 2 rings (SSSR count). The van der Waals surface area contributed by atoms with Gasteiger partial charge in [0.2, 0.25) is 0 Å². The normalized spacial score (nSPS) is 13.0. The lowest BCUT2D eigenvalue weighted by Gasteiger charge is -2.43. The smallest absolute Gasteiger partial charge is 0.306 e. The van der Waals surface area contributed by atoms with Crippen molar-refractivity contribution >= 4 is 11.9 Å². The molecule has 0 heterocycles. The van der Waals surface area contributed by atoms with Crippen LogP contribution in [-0.4, -0.2) is 60.3 Å². The van der Waals surface area contributed by atoms with Crippen molar-refractivity contribution in [3.8, 4) is 5.75 Å². The van der Waals surface area contributed by atoms with Crippen LogP contribution in [0.4, 0.5) is 0 Å². The fourth-order valence-electron chi connectivity index (χ4n) is 11.8. The molecule has 0 aliphatic heterocycles. The van der Waals surface area contributed by atoms with Crippen molar-refractivity contribution in [3.05, 3.63) is 63.2 Å². The molecule has 480 valence electrons. The molecule has 0 saturated heterocycles. The summed E-state index contributed by atoms with van der Waals surface area (Å²) in [6, 6.07) is 8.64. The van der Waals surface area contributed by atoms with Crippen LogP contribution in [0.1, 0.15) is 360 Å². The number of hydrogen-bond donors (Lipinski definition) is 3. The monoisotopic (exact) mass is 1160 g/mol. The first-order chi connectivity index (χ1) is 39.4. The van der Waals surface area contributed by atoms with Crippen molar-refractivity contribution in [3.63, 3.8) is 0 Å². The lowest BCUT2D eigenvalue weighted by molar-refractivity contribution is -0.144. The molecule has 8 nitrogen and oxygen atoms in total. The molecular formula is C75H132O8. The van der Waals surface area contributed by atoms with Gasteiger partial charge in [-0.1, -0.05) is 314 Å². The predicted molar refractivity (Wildman–Crippen MR) is 352 cm³/mol. The van der Waals surface area contributed by atoms with E-state index in [2.05, 4.69) is 121 Å². The highest BCUT2D eigenvalue weighted by Gasteiger charge is 2.46. The standard InChI is InChI=1S/C75H132O8/c1-15-17-19-21-23-25-27-29-31-33-35-37-39-41-43-45-51-81-66(79)49-47-60-53-62(71(3,4)5)68(63(54-60)72(6,7)8)70(75(57-76,58-77)59-78)83-69-64(73(9,10)11)55-61(56-65(69)74(12,13)14)48-50-67(80)82-52-46-44-42-40-38-36-34-32-30-28-26-24-22-20-18-16-2/h53-56,70,76-78H,15-52,57-59H2,1-14H3. The molecule has 0 aliphatic rings. The van der Waals surface area contributed by atoms with Crippen molar-refractivity contribution in [2.75, 3.05) is 33.0 Å². The lowest BCUT2D eigenvalue weighted by atomic mass is 9.68. The van der Waals surface area contributed by atoms with Crippen molar-refractivity contribution in [2.45, 2.75) is 356 Å². The predicted octanol–water partition coefficient (Wildman–Crippen LogP) is 20.4. The number of ether oxygens (including phenoxy) is 3. The van der Waals surface area contributed by atoms with Gasteiger partial charge in [0, 0.05) is 29.5 Å². The summed E-state index contributed by atoms with van der Waals surface area (Å²) in [5.41, 5.74) is 3.44. The maximum atomic E-state index is 13.3. The van der Waals surface area contributed by atoms with Gasteiger partial charge >= 0.3 is 11.9 Å². The molecule has 0 bridgehead atoms. The first-order valence-electron chi connectivity index (χ1n) is 34.6. The molecule has 0 aromatic heterocycles. The van der Waals surface area contributed by atoms with Crippen LogP contribution in [0.2, 0.25) is 0 Å². The van der Waals surface area contributed by atoms with Gasteiger partial charge in [0.1, 0.15) is 11.9 Å². The average Bonchev–Trinajstić information content (AvgIpc) is 1.83. The number of rotatable bonds is 47. The summed E-state index contributed by atoms with van der Waals surface area (Å²) >= 11 is 0. The molecule has 0 radical (unpaired) electrons. The molecular weight excluding hydrogens is 1030 g/mol. The number of aliphatic hydroxyl groups is 3. The second-order valence-corrected chi connectivity index (χ2v) is 29.5. The van der Waals surface area contributed by atoms with Crippen LogP contribution in [0.25, 0.3) is 0 Å². The van der Waals surface area contributed by atoms with Crippen LogP contribution < -0.4 is 4.74 Å². The van der Waals surface area contributed by atoms with E-state index < -0.39 is 53.0 Å². The Morgan fingerprint density at radius 3 is 0.855 bits per heavy atom. The summed E-state index contributed by atoms with van der Waals surface area (Å²) in [4.78, 5) is 26.5. The molecule has 0 saturated carbocycles. The summed E-state index contributed by atoms with van der Waals surface area (Å²) in [7, 11) is 0. The fraction of sp³-hybridized carbons (Fsp3) is 0.813. The van der Waals surface area contributed by atoms with E-state index in [1.54, 1.807) is 0 Å². The summed E-state index contributed by atoms with van der Waals surface area (Å²) in [5, 5.41) is 34.2. The van der Waals surface area contributed by atoms with E-state index in [1.165, 1.54) is 180 Å². The zero-order valence-corrected chi connectivity index (χ0v) is 56.8. The van der Waals surface area contributed by atoms with E-state index in [0.717, 1.165) is 64.6 Å². The summed E-state index contributed by atoms with van der Waals surface area (Å²) < 4.78 is 19.1. The zero-order chi connectivity index (χ0) is 61.8. The number of aryl methyl sites for hydroxylation is 2. The van der Waals surface area contributed by atoms with E-state index in [1.807, 2.05) is 0 Å². The molecule has 2 aromatic carbocycles. The third kappa shape index (κ3) is 30.5. The Bertz CT molecular complexity index is 1940. The summed E-state index contributed by atoms with van der Waals surface area (Å²) in [6.45, 7) is 29.8. The minimum atomic E-state index is -1.49. The summed E-state index contributed by atoms with van der Waals surface area (Å²) in [5.74, 6) is 0.274. The molecule has 8 heteroatoms. The van der Waals surface area contributed by atoms with E-state index in [4.69, 9.17) is 14.2 Å². The van der Waals surface area contributed by atoms with Crippen LogP contribution in [-0.2, 0) is 53.6 Å².